The van der Waals surface area contributed by atoms with Crippen molar-refractivity contribution in [2.75, 3.05) is 11.9 Å². The lowest BCUT2D eigenvalue weighted by atomic mass is 10.1. The van der Waals surface area contributed by atoms with Crippen LogP contribution in [-0.4, -0.2) is 33.3 Å². The molecule has 1 amide bonds. The molecule has 1 unspecified atom stereocenters. The van der Waals surface area contributed by atoms with Crippen LogP contribution in [-0.2, 0) is 4.79 Å². The molecule has 0 aliphatic rings. The fourth-order valence-electron chi connectivity index (χ4n) is 1.93. The molecule has 0 heterocycles. The van der Waals surface area contributed by atoms with E-state index >= 15 is 0 Å². The van der Waals surface area contributed by atoms with Gasteiger partial charge in [0.25, 0.3) is 0 Å². The van der Waals surface area contributed by atoms with E-state index in [-0.39, 0.29) is 23.3 Å². The minimum atomic E-state index is -1.80. The van der Waals surface area contributed by atoms with Gasteiger partial charge in [-0.25, -0.2) is 0 Å². The molecular formula is C16H21Cl3N4O2S. The number of unbranched alkanes of at least 4 members (excludes halogenated alkanes) is 1. The average Bonchev–Trinajstić information content (AvgIpc) is 2.58. The molecule has 0 saturated carbocycles. The first-order valence-corrected chi connectivity index (χ1v) is 9.48. The lowest BCUT2D eigenvalue weighted by Crippen LogP contribution is -2.56. The Morgan fingerprint density at radius 2 is 1.81 bits per heavy atom. The van der Waals surface area contributed by atoms with Crippen molar-refractivity contribution in [2.45, 2.75) is 36.1 Å². The molecule has 1 rings (SSSR count). The standard InChI is InChI=1S/C16H21Cl3N4O2S/c1-2-3-4-13(25)22-14(16(17,18)19)23-15(26)21-11-7-5-10(6-8-11)12(24)9-20/h5-8,14H,2-4,9,20H2,1H3,(H,22,25)(H2,21,23,26). The smallest absolute Gasteiger partial charge is 0.228 e. The maximum atomic E-state index is 11.9. The minimum absolute atomic E-state index is 0.0601. The number of alkyl halides is 3. The second-order valence-electron chi connectivity index (χ2n) is 5.45. The molecule has 0 spiro atoms. The van der Waals surface area contributed by atoms with Crippen molar-refractivity contribution in [3.8, 4) is 0 Å². The number of Topliss-reactive ketones (excluding diaryl/α,β-unsaturated/α-hetero) is 1. The van der Waals surface area contributed by atoms with Crippen molar-refractivity contribution in [3.63, 3.8) is 0 Å². The zero-order chi connectivity index (χ0) is 19.7. The number of nitrogens with one attached hydrogen (secondary N) is 3. The summed E-state index contributed by atoms with van der Waals surface area (Å²) in [5.74, 6) is -0.411. The lowest BCUT2D eigenvalue weighted by Gasteiger charge is -2.27. The van der Waals surface area contributed by atoms with Crippen LogP contribution in [0.5, 0.6) is 0 Å². The number of rotatable bonds is 8. The second kappa shape index (κ2) is 10.9. The van der Waals surface area contributed by atoms with Crippen LogP contribution < -0.4 is 21.7 Å². The van der Waals surface area contributed by atoms with Crippen molar-refractivity contribution in [1.29, 1.82) is 0 Å². The number of benzene rings is 1. The van der Waals surface area contributed by atoms with Crippen molar-refractivity contribution in [1.82, 2.24) is 10.6 Å². The van der Waals surface area contributed by atoms with E-state index in [9.17, 15) is 9.59 Å². The Morgan fingerprint density at radius 3 is 2.31 bits per heavy atom. The van der Waals surface area contributed by atoms with Crippen molar-refractivity contribution >= 4 is 69.5 Å². The molecule has 144 valence electrons. The Labute approximate surface area is 173 Å². The van der Waals surface area contributed by atoms with Gasteiger partial charge in [-0.15, -0.1) is 0 Å². The van der Waals surface area contributed by atoms with E-state index in [0.29, 0.717) is 17.7 Å². The summed E-state index contributed by atoms with van der Waals surface area (Å²) in [4.78, 5) is 23.4. The van der Waals surface area contributed by atoms with Crippen LogP contribution in [0.1, 0.15) is 36.5 Å². The van der Waals surface area contributed by atoms with Crippen molar-refractivity contribution < 1.29 is 9.59 Å². The summed E-state index contributed by atoms with van der Waals surface area (Å²) in [6.45, 7) is 1.92. The predicted octanol–water partition coefficient (Wildman–Crippen LogP) is 3.12. The van der Waals surface area contributed by atoms with E-state index in [0.717, 1.165) is 12.8 Å². The third kappa shape index (κ3) is 8.05. The van der Waals surface area contributed by atoms with Crippen LogP contribution >= 0.6 is 47.0 Å². The van der Waals surface area contributed by atoms with Gasteiger partial charge in [-0.05, 0) is 42.9 Å². The van der Waals surface area contributed by atoms with Gasteiger partial charge in [0.2, 0.25) is 9.70 Å². The van der Waals surface area contributed by atoms with Gasteiger partial charge in [-0.2, -0.15) is 0 Å². The Hall–Kier alpha value is -1.12. The molecule has 0 bridgehead atoms. The summed E-state index contributed by atoms with van der Waals surface area (Å²) < 4.78 is -1.80. The highest BCUT2D eigenvalue weighted by Crippen LogP contribution is 2.29. The number of thiocarbonyl (C=S) groups is 1. The molecule has 1 aromatic carbocycles. The number of carbonyl (C=O) groups excluding carboxylic acids is 2. The zero-order valence-corrected chi connectivity index (χ0v) is 17.2. The molecule has 0 aromatic heterocycles. The Morgan fingerprint density at radius 1 is 1.19 bits per heavy atom. The maximum Gasteiger partial charge on any atom is 0.228 e. The Balaban J connectivity index is 2.68. The van der Waals surface area contributed by atoms with Crippen LogP contribution in [0.2, 0.25) is 0 Å². The first-order chi connectivity index (χ1) is 12.2. The molecule has 6 nitrogen and oxygen atoms in total. The second-order valence-corrected chi connectivity index (χ2v) is 8.23. The molecule has 0 fully saturated rings. The summed E-state index contributed by atoms with van der Waals surface area (Å²) in [5.41, 5.74) is 6.44. The van der Waals surface area contributed by atoms with Gasteiger partial charge >= 0.3 is 0 Å². The van der Waals surface area contributed by atoms with Gasteiger partial charge in [0.05, 0.1) is 6.54 Å². The predicted molar refractivity (Wildman–Crippen MR) is 111 cm³/mol. The van der Waals surface area contributed by atoms with Crippen LogP contribution in [0.3, 0.4) is 0 Å². The summed E-state index contributed by atoms with van der Waals surface area (Å²) in [6.07, 6.45) is 0.929. The molecule has 1 atom stereocenters. The summed E-state index contributed by atoms with van der Waals surface area (Å²) in [6, 6.07) is 6.58. The van der Waals surface area contributed by atoms with Gasteiger partial charge < -0.3 is 21.7 Å². The van der Waals surface area contributed by atoms with E-state index in [2.05, 4.69) is 16.0 Å². The molecule has 0 saturated heterocycles. The molecule has 1 aromatic rings. The zero-order valence-electron chi connectivity index (χ0n) is 14.2. The number of amides is 1. The molecule has 5 N–H and O–H groups in total. The molecular weight excluding hydrogens is 419 g/mol. The van der Waals surface area contributed by atoms with Crippen LogP contribution in [0.4, 0.5) is 5.69 Å². The SMILES string of the molecule is CCCCC(=O)NC(NC(=S)Nc1ccc(C(=O)CN)cc1)C(Cl)(Cl)Cl. The molecule has 10 heteroatoms. The van der Waals surface area contributed by atoms with Gasteiger partial charge in [-0.1, -0.05) is 48.1 Å². The highest BCUT2D eigenvalue weighted by atomic mass is 35.6. The highest BCUT2D eigenvalue weighted by Gasteiger charge is 2.34. The first kappa shape index (κ1) is 22.9. The third-order valence-corrected chi connectivity index (χ3v) is 4.19. The number of halogens is 3. The minimum Gasteiger partial charge on any atom is -0.339 e. The summed E-state index contributed by atoms with van der Waals surface area (Å²) in [7, 11) is 0. The number of carbonyl (C=O) groups is 2. The average molecular weight is 440 g/mol. The van der Waals surface area contributed by atoms with Crippen LogP contribution in [0.25, 0.3) is 0 Å². The lowest BCUT2D eigenvalue weighted by molar-refractivity contribution is -0.122. The van der Waals surface area contributed by atoms with E-state index in [1.54, 1.807) is 24.3 Å². The fourth-order valence-corrected chi connectivity index (χ4v) is 2.49. The van der Waals surface area contributed by atoms with Crippen LogP contribution in [0.15, 0.2) is 24.3 Å². The number of anilines is 1. The fraction of sp³-hybridized carbons (Fsp3) is 0.438. The van der Waals surface area contributed by atoms with Crippen LogP contribution in [0, 0.1) is 0 Å². The molecule has 26 heavy (non-hydrogen) atoms. The van der Waals surface area contributed by atoms with Gasteiger partial charge in [0, 0.05) is 17.7 Å². The monoisotopic (exact) mass is 438 g/mol. The maximum absolute atomic E-state index is 11.9. The van der Waals surface area contributed by atoms with Gasteiger partial charge in [0.1, 0.15) is 6.17 Å². The largest absolute Gasteiger partial charge is 0.339 e. The van der Waals surface area contributed by atoms with E-state index in [1.807, 2.05) is 6.92 Å². The number of nitrogens with two attached hydrogens (primary N) is 1. The topological polar surface area (TPSA) is 96.2 Å². The van der Waals surface area contributed by atoms with E-state index < -0.39 is 9.96 Å². The summed E-state index contributed by atoms with van der Waals surface area (Å²) >= 11 is 22.9. The Bertz CT molecular complexity index is 635. The van der Waals surface area contributed by atoms with Crippen molar-refractivity contribution in [3.05, 3.63) is 29.8 Å². The normalized spacial score (nSPS) is 12.2. The quantitative estimate of drug-likeness (QED) is 0.215. The Kier molecular flexibility index (Phi) is 9.60. The number of ketones is 1. The number of hydrogen-bond donors (Lipinski definition) is 4. The van der Waals surface area contributed by atoms with Gasteiger partial charge in [0.15, 0.2) is 10.9 Å². The highest BCUT2D eigenvalue weighted by molar-refractivity contribution is 7.80. The van der Waals surface area contributed by atoms with Gasteiger partial charge in [-0.3, -0.25) is 9.59 Å². The molecule has 0 aliphatic carbocycles. The molecule has 0 aliphatic heterocycles. The number of hydrogen-bond acceptors (Lipinski definition) is 4. The first-order valence-electron chi connectivity index (χ1n) is 7.94. The van der Waals surface area contributed by atoms with Crippen molar-refractivity contribution in [2.24, 2.45) is 5.73 Å². The summed E-state index contributed by atoms with van der Waals surface area (Å²) in [5, 5.41) is 8.42. The van der Waals surface area contributed by atoms with E-state index in [1.165, 1.54) is 0 Å². The van der Waals surface area contributed by atoms with E-state index in [4.69, 9.17) is 52.8 Å². The molecule has 0 radical (unpaired) electrons. The third-order valence-electron chi connectivity index (χ3n) is 3.32.